The number of anilines is 4. The van der Waals surface area contributed by atoms with Gasteiger partial charge in [-0.15, -0.1) is 0 Å². The normalized spacial score (nSPS) is 16.0. The highest BCUT2D eigenvalue weighted by Gasteiger charge is 2.30. The van der Waals surface area contributed by atoms with Crippen LogP contribution in [0, 0.1) is 0 Å². The lowest BCUT2D eigenvalue weighted by Gasteiger charge is -2.34. The van der Waals surface area contributed by atoms with E-state index in [4.69, 9.17) is 0 Å². The summed E-state index contributed by atoms with van der Waals surface area (Å²) in [5.41, 5.74) is 4.02. The summed E-state index contributed by atoms with van der Waals surface area (Å²) in [6.07, 6.45) is 4.18. The first-order chi connectivity index (χ1) is 23.8. The molecule has 9 nitrogen and oxygen atoms in total. The highest BCUT2D eigenvalue weighted by Crippen LogP contribution is 2.35. The summed E-state index contributed by atoms with van der Waals surface area (Å²) in [7, 11) is -0.760. The molecule has 4 aromatic rings. The van der Waals surface area contributed by atoms with Crippen molar-refractivity contribution in [3.05, 3.63) is 114 Å². The molecule has 4 aromatic carbocycles. The Bertz CT molecular complexity index is 1780. The zero-order valence-corrected chi connectivity index (χ0v) is 29.4. The summed E-state index contributed by atoms with van der Waals surface area (Å²) in [6, 6.07) is 32.5. The van der Waals surface area contributed by atoms with Crippen LogP contribution in [-0.4, -0.2) is 83.5 Å². The average molecular weight is 681 g/mol. The van der Waals surface area contributed by atoms with Crippen molar-refractivity contribution in [3.63, 3.8) is 0 Å². The van der Waals surface area contributed by atoms with Crippen molar-refractivity contribution in [2.45, 2.75) is 43.2 Å². The van der Waals surface area contributed by atoms with Crippen LogP contribution in [0.1, 0.15) is 41.6 Å². The van der Waals surface area contributed by atoms with Gasteiger partial charge in [0.05, 0.1) is 16.9 Å². The number of carbonyl (C=O) groups is 1. The molecule has 0 unspecified atom stereocenters. The number of rotatable bonds is 13. The van der Waals surface area contributed by atoms with Gasteiger partial charge in [0.1, 0.15) is 4.90 Å². The van der Waals surface area contributed by atoms with Crippen LogP contribution in [0.25, 0.3) is 0 Å². The molecule has 0 bridgehead atoms. The zero-order chi connectivity index (χ0) is 34.2. The second-order valence-corrected chi connectivity index (χ2v) is 15.0. The molecule has 2 fully saturated rings. The molecule has 10 heteroatoms. The molecule has 49 heavy (non-hydrogen) atoms. The van der Waals surface area contributed by atoms with Gasteiger partial charge in [-0.3, -0.25) is 14.0 Å². The lowest BCUT2D eigenvalue weighted by molar-refractivity contribution is 0.0993. The third-order valence-electron chi connectivity index (χ3n) is 9.69. The number of piperidine rings is 1. The van der Waals surface area contributed by atoms with Crippen molar-refractivity contribution in [3.8, 4) is 0 Å². The smallest absolute Gasteiger partial charge is 0.266 e. The lowest BCUT2D eigenvalue weighted by Crippen LogP contribution is -2.39. The van der Waals surface area contributed by atoms with Gasteiger partial charge in [0.2, 0.25) is 0 Å². The number of benzene rings is 4. The molecule has 6 rings (SSSR count). The number of nitrogens with zero attached hydrogens (tertiary/aromatic N) is 4. The van der Waals surface area contributed by atoms with Crippen LogP contribution in [0.3, 0.4) is 0 Å². The third kappa shape index (κ3) is 8.44. The number of para-hydroxylation sites is 2. The molecule has 258 valence electrons. The average Bonchev–Trinajstić information content (AvgIpc) is 3.66. The van der Waals surface area contributed by atoms with Gasteiger partial charge < -0.3 is 20.4 Å². The highest BCUT2D eigenvalue weighted by atomic mass is 32.2. The fourth-order valence-corrected chi connectivity index (χ4v) is 8.12. The number of hydrogen-bond donors (Lipinski definition) is 2. The van der Waals surface area contributed by atoms with E-state index in [0.717, 1.165) is 57.8 Å². The largest absolute Gasteiger partial charge is 0.383 e. The van der Waals surface area contributed by atoms with Gasteiger partial charge in [0.25, 0.3) is 15.9 Å². The molecule has 2 heterocycles. The van der Waals surface area contributed by atoms with E-state index in [2.05, 4.69) is 44.7 Å². The van der Waals surface area contributed by atoms with Gasteiger partial charge in [-0.25, -0.2) is 8.42 Å². The topological polar surface area (TPSA) is 88.2 Å². The van der Waals surface area contributed by atoms with Crippen LogP contribution < -0.4 is 19.8 Å². The Labute approximate surface area is 291 Å². The third-order valence-corrected chi connectivity index (χ3v) is 11.5. The molecule has 1 amide bonds. The maximum absolute atomic E-state index is 14.4. The Morgan fingerprint density at radius 2 is 1.35 bits per heavy atom. The zero-order valence-electron chi connectivity index (χ0n) is 28.6. The second kappa shape index (κ2) is 15.9. The van der Waals surface area contributed by atoms with E-state index in [9.17, 15) is 13.2 Å². The molecule has 2 aliphatic rings. The first kappa shape index (κ1) is 34.5. The molecule has 0 atom stereocenters. The van der Waals surface area contributed by atoms with E-state index >= 15 is 0 Å². The van der Waals surface area contributed by atoms with Gasteiger partial charge in [0, 0.05) is 64.2 Å². The highest BCUT2D eigenvalue weighted by molar-refractivity contribution is 7.93. The van der Waals surface area contributed by atoms with E-state index in [-0.39, 0.29) is 16.8 Å². The second-order valence-electron chi connectivity index (χ2n) is 13.1. The quantitative estimate of drug-likeness (QED) is 0.170. The van der Waals surface area contributed by atoms with E-state index in [1.54, 1.807) is 37.2 Å². The van der Waals surface area contributed by atoms with Gasteiger partial charge in [-0.2, -0.15) is 0 Å². The molecule has 2 N–H and O–H groups in total. The van der Waals surface area contributed by atoms with Crippen molar-refractivity contribution in [2.75, 3.05) is 73.2 Å². The summed E-state index contributed by atoms with van der Waals surface area (Å²) < 4.78 is 30.1. The van der Waals surface area contributed by atoms with Crippen molar-refractivity contribution in [1.82, 2.24) is 9.80 Å². The predicted molar refractivity (Wildman–Crippen MR) is 200 cm³/mol. The first-order valence-corrected chi connectivity index (χ1v) is 18.8. The Kier molecular flexibility index (Phi) is 11.2. The van der Waals surface area contributed by atoms with Crippen molar-refractivity contribution in [1.29, 1.82) is 0 Å². The number of hydrogen-bond acceptors (Lipinski definition) is 7. The summed E-state index contributed by atoms with van der Waals surface area (Å²) in [4.78, 5) is 20.8. The number of likely N-dealkylation sites (tertiary alicyclic amines) is 2. The maximum Gasteiger partial charge on any atom is 0.266 e. The number of amides is 1. The number of sulfonamides is 1. The molecule has 0 saturated carbocycles. The number of nitrogens with one attached hydrogen (secondary N) is 2. The molecule has 0 radical (unpaired) electrons. The van der Waals surface area contributed by atoms with Gasteiger partial charge in [-0.05, 0) is 80.7 Å². The van der Waals surface area contributed by atoms with Crippen molar-refractivity contribution >= 4 is 38.7 Å². The lowest BCUT2D eigenvalue weighted by atomic mass is 10.0. The molecular weight excluding hydrogens is 633 g/mol. The molecule has 0 aliphatic carbocycles. The summed E-state index contributed by atoms with van der Waals surface area (Å²) in [5.74, 6) is -0.280. The first-order valence-electron chi connectivity index (χ1n) is 17.3. The SMILES string of the molecule is CN(C(=O)c1cc(S(=O)(=O)N(C)c2ccccc2)c(NCCN2CCCC2)cc1NC1CCN(Cc2ccccc2)CC1)c1ccccc1. The van der Waals surface area contributed by atoms with Crippen molar-refractivity contribution < 1.29 is 13.2 Å². The van der Waals surface area contributed by atoms with Crippen LogP contribution >= 0.6 is 0 Å². The summed E-state index contributed by atoms with van der Waals surface area (Å²) >= 11 is 0. The van der Waals surface area contributed by atoms with E-state index in [1.807, 2.05) is 60.7 Å². The molecule has 2 aliphatic heterocycles. The number of carbonyl (C=O) groups excluding carboxylic acids is 1. The van der Waals surface area contributed by atoms with Gasteiger partial charge in [-0.1, -0.05) is 66.7 Å². The van der Waals surface area contributed by atoms with Gasteiger partial charge in [0.15, 0.2) is 0 Å². The summed E-state index contributed by atoms with van der Waals surface area (Å²) in [5, 5.41) is 7.17. The Balaban J connectivity index is 1.34. The van der Waals surface area contributed by atoms with E-state index in [1.165, 1.54) is 22.7 Å². The van der Waals surface area contributed by atoms with Crippen LogP contribution in [0.2, 0.25) is 0 Å². The van der Waals surface area contributed by atoms with Crippen LogP contribution in [-0.2, 0) is 16.6 Å². The standard InChI is InChI=1S/C39H48N6O3S/c1-42(33-16-8-4-9-17-33)39(46)35-28-38(49(47,48)43(2)34-18-10-5-11-19-34)37(40-22-27-44-23-12-13-24-44)29-36(35)41-32-20-25-45(26-21-32)30-31-14-6-3-7-15-31/h3-11,14-19,28-29,32,40-41H,12-13,20-27,30H2,1-2H3. The minimum absolute atomic E-state index is 0.0771. The molecular formula is C39H48N6O3S. The van der Waals surface area contributed by atoms with Gasteiger partial charge >= 0.3 is 0 Å². The fraction of sp³-hybridized carbons (Fsp3) is 0.359. The Morgan fingerprint density at radius 3 is 1.98 bits per heavy atom. The van der Waals surface area contributed by atoms with E-state index < -0.39 is 10.0 Å². The molecule has 0 aromatic heterocycles. The minimum atomic E-state index is -4.05. The molecule has 2 saturated heterocycles. The monoisotopic (exact) mass is 680 g/mol. The minimum Gasteiger partial charge on any atom is -0.383 e. The van der Waals surface area contributed by atoms with Crippen LogP contribution in [0.15, 0.2) is 108 Å². The molecule has 0 spiro atoms. The van der Waals surface area contributed by atoms with Crippen LogP contribution in [0.5, 0.6) is 0 Å². The summed E-state index contributed by atoms with van der Waals surface area (Å²) in [6.45, 7) is 6.27. The van der Waals surface area contributed by atoms with E-state index in [0.29, 0.717) is 29.2 Å². The Morgan fingerprint density at radius 1 is 0.755 bits per heavy atom. The van der Waals surface area contributed by atoms with Crippen LogP contribution in [0.4, 0.5) is 22.7 Å². The predicted octanol–water partition coefficient (Wildman–Crippen LogP) is 6.37. The van der Waals surface area contributed by atoms with Crippen molar-refractivity contribution in [2.24, 2.45) is 0 Å². The Hall–Kier alpha value is -4.38. The maximum atomic E-state index is 14.4. The fourth-order valence-electron chi connectivity index (χ4n) is 6.75.